The Labute approximate surface area is 114 Å². The molecule has 1 aromatic heterocycles. The van der Waals surface area contributed by atoms with E-state index < -0.39 is 11.7 Å². The number of imidazole rings is 1. The van der Waals surface area contributed by atoms with Gasteiger partial charge >= 0.3 is 6.09 Å². The second-order valence-corrected chi connectivity index (χ2v) is 5.24. The normalized spacial score (nSPS) is 12.3. The zero-order chi connectivity index (χ0) is 14.5. The number of aromatic nitrogens is 2. The highest BCUT2D eigenvalue weighted by Crippen LogP contribution is 2.13. The maximum atomic E-state index is 11.7. The zero-order valence-corrected chi connectivity index (χ0v) is 12.2. The average molecular weight is 263 g/mol. The maximum absolute atomic E-state index is 11.7. The summed E-state index contributed by atoms with van der Waals surface area (Å²) >= 11 is 0. The van der Waals surface area contributed by atoms with Crippen LogP contribution < -0.4 is 5.32 Å². The molecule has 1 unspecified atom stereocenters. The van der Waals surface area contributed by atoms with Crippen LogP contribution in [0.15, 0.2) is 12.5 Å². The van der Waals surface area contributed by atoms with Crippen LogP contribution in [0.3, 0.4) is 0 Å². The molecule has 0 fully saturated rings. The minimum absolute atomic E-state index is 0.184. The lowest BCUT2D eigenvalue weighted by atomic mass is 10.2. The van der Waals surface area contributed by atoms with Crippen LogP contribution in [0.25, 0.3) is 0 Å². The molecule has 1 atom stereocenters. The van der Waals surface area contributed by atoms with E-state index in [4.69, 9.17) is 4.74 Å². The zero-order valence-electron chi connectivity index (χ0n) is 12.2. The molecule has 104 valence electrons. The summed E-state index contributed by atoms with van der Waals surface area (Å²) in [5, 5.41) is 2.79. The van der Waals surface area contributed by atoms with E-state index in [0.717, 1.165) is 5.69 Å². The molecular formula is C14H21N3O2. The van der Waals surface area contributed by atoms with Crippen molar-refractivity contribution in [2.75, 3.05) is 0 Å². The monoisotopic (exact) mass is 263 g/mol. The fourth-order valence-corrected chi connectivity index (χ4v) is 1.55. The molecule has 0 spiro atoms. The third kappa shape index (κ3) is 5.04. The second-order valence-electron chi connectivity index (χ2n) is 5.24. The average Bonchev–Trinajstić information content (AvgIpc) is 2.71. The van der Waals surface area contributed by atoms with E-state index in [0.29, 0.717) is 6.54 Å². The smallest absolute Gasteiger partial charge is 0.408 e. The van der Waals surface area contributed by atoms with Gasteiger partial charge in [0.1, 0.15) is 5.60 Å². The van der Waals surface area contributed by atoms with E-state index in [1.165, 1.54) is 0 Å². The number of amides is 1. The Bertz CT molecular complexity index is 489. The van der Waals surface area contributed by atoms with Crippen molar-refractivity contribution in [1.29, 1.82) is 0 Å². The molecule has 19 heavy (non-hydrogen) atoms. The Hall–Kier alpha value is -1.96. The number of carbonyl (C=O) groups excluding carboxylic acids is 1. The summed E-state index contributed by atoms with van der Waals surface area (Å²) in [5.74, 6) is 5.80. The maximum Gasteiger partial charge on any atom is 0.408 e. The molecule has 5 heteroatoms. The summed E-state index contributed by atoms with van der Waals surface area (Å²) in [6, 6.07) is -0.184. The first kappa shape index (κ1) is 15.1. The minimum atomic E-state index is -0.502. The molecule has 0 bridgehead atoms. The number of nitrogens with one attached hydrogen (secondary N) is 1. The molecule has 0 saturated heterocycles. The van der Waals surface area contributed by atoms with Gasteiger partial charge in [0, 0.05) is 0 Å². The standard InChI is InChI=1S/C14H21N3O2/c1-6-7-8-17-10-15-9-12(17)11(2)16-13(18)19-14(3,4)5/h9-11H,8H2,1-5H3,(H,16,18). The third-order valence-electron chi connectivity index (χ3n) is 2.35. The largest absolute Gasteiger partial charge is 0.444 e. The first-order valence-electron chi connectivity index (χ1n) is 6.22. The van der Waals surface area contributed by atoms with Crippen molar-refractivity contribution in [3.05, 3.63) is 18.2 Å². The minimum Gasteiger partial charge on any atom is -0.444 e. The van der Waals surface area contributed by atoms with Crippen molar-refractivity contribution in [2.45, 2.75) is 52.8 Å². The Morgan fingerprint density at radius 2 is 2.26 bits per heavy atom. The number of hydrogen-bond donors (Lipinski definition) is 1. The van der Waals surface area contributed by atoms with Crippen molar-refractivity contribution < 1.29 is 9.53 Å². The Morgan fingerprint density at radius 1 is 1.58 bits per heavy atom. The van der Waals surface area contributed by atoms with Crippen molar-refractivity contribution in [1.82, 2.24) is 14.9 Å². The topological polar surface area (TPSA) is 56.2 Å². The highest BCUT2D eigenvalue weighted by molar-refractivity contribution is 5.68. The van der Waals surface area contributed by atoms with Gasteiger partial charge in [-0.05, 0) is 34.6 Å². The molecule has 5 nitrogen and oxygen atoms in total. The fourth-order valence-electron chi connectivity index (χ4n) is 1.55. The molecule has 0 radical (unpaired) electrons. The third-order valence-corrected chi connectivity index (χ3v) is 2.35. The van der Waals surface area contributed by atoms with Gasteiger partial charge < -0.3 is 14.6 Å². The van der Waals surface area contributed by atoms with Crippen LogP contribution in [0.5, 0.6) is 0 Å². The highest BCUT2D eigenvalue weighted by Gasteiger charge is 2.19. The van der Waals surface area contributed by atoms with E-state index >= 15 is 0 Å². The van der Waals surface area contributed by atoms with Crippen LogP contribution in [0, 0.1) is 11.8 Å². The first-order chi connectivity index (χ1) is 8.83. The first-order valence-corrected chi connectivity index (χ1v) is 6.22. The summed E-state index contributed by atoms with van der Waals surface area (Å²) in [7, 11) is 0. The quantitative estimate of drug-likeness (QED) is 0.852. The molecule has 0 aromatic carbocycles. The van der Waals surface area contributed by atoms with Gasteiger partial charge in [-0.2, -0.15) is 0 Å². The lowest BCUT2D eigenvalue weighted by Crippen LogP contribution is -2.34. The number of nitrogens with zero attached hydrogens (tertiary/aromatic N) is 2. The Morgan fingerprint density at radius 3 is 2.84 bits per heavy atom. The molecule has 0 saturated carbocycles. The van der Waals surface area contributed by atoms with Crippen molar-refractivity contribution >= 4 is 6.09 Å². The molecule has 0 aliphatic rings. The Balaban J connectivity index is 2.67. The van der Waals surface area contributed by atoms with E-state index in [1.807, 2.05) is 32.3 Å². The van der Waals surface area contributed by atoms with E-state index in [2.05, 4.69) is 22.1 Å². The number of hydrogen-bond acceptors (Lipinski definition) is 3. The van der Waals surface area contributed by atoms with Gasteiger partial charge in [0.2, 0.25) is 0 Å². The molecule has 1 N–H and O–H groups in total. The lowest BCUT2D eigenvalue weighted by molar-refractivity contribution is 0.0506. The summed E-state index contributed by atoms with van der Waals surface area (Å²) < 4.78 is 7.12. The molecule has 0 aliphatic heterocycles. The van der Waals surface area contributed by atoms with Gasteiger partial charge in [-0.1, -0.05) is 5.92 Å². The summed E-state index contributed by atoms with van der Waals surface area (Å²) in [6.45, 7) is 9.73. The molecule has 1 heterocycles. The predicted octanol–water partition coefficient (Wildman–Crippen LogP) is 2.49. The Kier molecular flexibility index (Phi) is 4.99. The van der Waals surface area contributed by atoms with Crippen molar-refractivity contribution in [2.24, 2.45) is 0 Å². The van der Waals surface area contributed by atoms with E-state index in [9.17, 15) is 4.79 Å². The summed E-state index contributed by atoms with van der Waals surface area (Å²) in [4.78, 5) is 15.8. The SMILES string of the molecule is CC#CCn1cncc1C(C)NC(=O)OC(C)(C)C. The molecule has 0 aliphatic carbocycles. The van der Waals surface area contributed by atoms with Crippen LogP contribution in [-0.2, 0) is 11.3 Å². The van der Waals surface area contributed by atoms with Crippen LogP contribution in [0.4, 0.5) is 4.79 Å². The highest BCUT2D eigenvalue weighted by atomic mass is 16.6. The summed E-state index contributed by atoms with van der Waals surface area (Å²) in [5.41, 5.74) is 0.395. The molecule has 1 rings (SSSR count). The van der Waals surface area contributed by atoms with Gasteiger partial charge in [-0.15, -0.1) is 5.92 Å². The number of rotatable bonds is 3. The van der Waals surface area contributed by atoms with Gasteiger partial charge in [0.15, 0.2) is 0 Å². The van der Waals surface area contributed by atoms with Gasteiger partial charge in [-0.3, -0.25) is 0 Å². The predicted molar refractivity (Wildman–Crippen MR) is 73.5 cm³/mol. The van der Waals surface area contributed by atoms with Crippen molar-refractivity contribution in [3.8, 4) is 11.8 Å². The number of ether oxygens (including phenoxy) is 1. The van der Waals surface area contributed by atoms with Crippen LogP contribution in [0.2, 0.25) is 0 Å². The van der Waals surface area contributed by atoms with Gasteiger partial charge in [0.25, 0.3) is 0 Å². The van der Waals surface area contributed by atoms with Gasteiger partial charge in [-0.25, -0.2) is 9.78 Å². The summed E-state index contributed by atoms with van der Waals surface area (Å²) in [6.07, 6.45) is 2.99. The van der Waals surface area contributed by atoms with Crippen LogP contribution in [0.1, 0.15) is 46.4 Å². The van der Waals surface area contributed by atoms with Crippen LogP contribution >= 0.6 is 0 Å². The number of carbonyl (C=O) groups is 1. The molecular weight excluding hydrogens is 242 g/mol. The molecule has 1 aromatic rings. The van der Waals surface area contributed by atoms with Crippen LogP contribution in [-0.4, -0.2) is 21.2 Å². The molecule has 1 amide bonds. The second kappa shape index (κ2) is 6.28. The van der Waals surface area contributed by atoms with E-state index in [1.54, 1.807) is 19.4 Å². The lowest BCUT2D eigenvalue weighted by Gasteiger charge is -2.22. The fraction of sp³-hybridized carbons (Fsp3) is 0.571. The van der Waals surface area contributed by atoms with Crippen molar-refractivity contribution in [3.63, 3.8) is 0 Å². The van der Waals surface area contributed by atoms with E-state index in [-0.39, 0.29) is 6.04 Å². The van der Waals surface area contributed by atoms with Gasteiger partial charge in [0.05, 0.1) is 30.8 Å². The number of alkyl carbamates (subject to hydrolysis) is 1.